The molecule has 9 heteroatoms. The normalized spacial score (nSPS) is 30.6. The highest BCUT2D eigenvalue weighted by atomic mass is 16.7. The van der Waals surface area contributed by atoms with Crippen molar-refractivity contribution in [1.29, 1.82) is 0 Å². The molecule has 0 aromatic carbocycles. The van der Waals surface area contributed by atoms with E-state index in [1.165, 1.54) is 6.92 Å². The van der Waals surface area contributed by atoms with Crippen LogP contribution in [0.4, 0.5) is 0 Å². The first-order chi connectivity index (χ1) is 11.1. The number of hydrogen-bond donors (Lipinski definition) is 0. The lowest BCUT2D eigenvalue weighted by molar-refractivity contribution is -0.231. The quantitative estimate of drug-likeness (QED) is 0.496. The Balaban J connectivity index is 3.11. The third-order valence-electron chi connectivity index (χ3n) is 2.76. The van der Waals surface area contributed by atoms with Crippen LogP contribution in [-0.4, -0.2) is 61.5 Å². The van der Waals surface area contributed by atoms with Gasteiger partial charge in [-0.25, -0.2) is 0 Å². The van der Waals surface area contributed by atoms with Gasteiger partial charge in [-0.05, 0) is 0 Å². The first-order valence-electron chi connectivity index (χ1n) is 7.42. The molecule has 1 rings (SSSR count). The van der Waals surface area contributed by atoms with E-state index in [2.05, 4.69) is 0 Å². The highest BCUT2D eigenvalue weighted by molar-refractivity contribution is 5.68. The highest BCUT2D eigenvalue weighted by Crippen LogP contribution is 2.24. The molecule has 1 fully saturated rings. The maximum atomic E-state index is 11.4. The molecule has 0 N–H and O–H groups in total. The molecule has 1 aliphatic rings. The second-order valence-electron chi connectivity index (χ2n) is 4.84. The van der Waals surface area contributed by atoms with Crippen molar-refractivity contribution < 1.29 is 44.2 Å². The zero-order valence-corrected chi connectivity index (χ0v) is 13.3. The lowest BCUT2D eigenvalue weighted by Gasteiger charge is -2.40. The molecule has 0 aliphatic carbocycles. The van der Waals surface area contributed by atoms with E-state index in [9.17, 15) is 19.2 Å². The predicted molar refractivity (Wildman–Crippen MR) is 73.0 cm³/mol. The zero-order chi connectivity index (χ0) is 18.4. The maximum Gasteiger partial charge on any atom is 0.303 e. The number of ether oxygens (including phenoxy) is 5. The van der Waals surface area contributed by atoms with Crippen LogP contribution in [0, 0.1) is 0 Å². The summed E-state index contributed by atoms with van der Waals surface area (Å²) in [6, 6.07) is 0. The van der Waals surface area contributed by atoms with Crippen LogP contribution < -0.4 is 0 Å². The van der Waals surface area contributed by atoms with Crippen LogP contribution >= 0.6 is 0 Å². The van der Waals surface area contributed by atoms with Crippen molar-refractivity contribution in [2.75, 3.05) is 13.2 Å². The van der Waals surface area contributed by atoms with Crippen molar-refractivity contribution in [3.63, 3.8) is 0 Å². The van der Waals surface area contributed by atoms with Crippen LogP contribution in [-0.2, 0) is 42.9 Å². The van der Waals surface area contributed by atoms with Crippen LogP contribution in [0.3, 0.4) is 0 Å². The predicted octanol–water partition coefficient (Wildman–Crippen LogP) is -0.257. The molecule has 130 valence electrons. The molecule has 1 heterocycles. The van der Waals surface area contributed by atoms with Crippen molar-refractivity contribution in [1.82, 2.24) is 0 Å². The Labute approximate surface area is 134 Å². The molecule has 0 spiro atoms. The van der Waals surface area contributed by atoms with Crippen LogP contribution in [0.25, 0.3) is 0 Å². The Morgan fingerprint density at radius 3 is 1.91 bits per heavy atom. The molecule has 9 nitrogen and oxygen atoms in total. The van der Waals surface area contributed by atoms with E-state index >= 15 is 0 Å². The molecule has 0 unspecified atom stereocenters. The number of rotatable bonds is 5. The Hall–Kier alpha value is -2.16. The lowest BCUT2D eigenvalue weighted by atomic mass is 9.99. The lowest BCUT2D eigenvalue weighted by Crippen LogP contribution is -2.58. The van der Waals surface area contributed by atoms with E-state index in [-0.39, 0.29) is 6.61 Å². The summed E-state index contributed by atoms with van der Waals surface area (Å²) in [5.74, 6) is -2.76. The molecule has 0 amide bonds. The summed E-state index contributed by atoms with van der Waals surface area (Å²) >= 11 is 0. The molecule has 0 saturated carbocycles. The number of esters is 4. The van der Waals surface area contributed by atoms with Gasteiger partial charge in [0.1, 0.15) is 12.7 Å². The molecule has 23 heavy (non-hydrogen) atoms. The molecule has 0 bridgehead atoms. The summed E-state index contributed by atoms with van der Waals surface area (Å²) in [4.78, 5) is 44.9. The van der Waals surface area contributed by atoms with Gasteiger partial charge in [0.15, 0.2) is 18.3 Å². The third kappa shape index (κ3) is 6.23. The Bertz CT molecular complexity index is 506. The van der Waals surface area contributed by atoms with Gasteiger partial charge in [-0.2, -0.15) is 0 Å². The Morgan fingerprint density at radius 1 is 0.913 bits per heavy atom. The van der Waals surface area contributed by atoms with Gasteiger partial charge in [-0.15, -0.1) is 0 Å². The summed E-state index contributed by atoms with van der Waals surface area (Å²) in [5, 5.41) is 0. The minimum atomic E-state index is -1.43. The summed E-state index contributed by atoms with van der Waals surface area (Å²) in [7, 11) is 0. The van der Waals surface area contributed by atoms with Crippen molar-refractivity contribution >= 4 is 23.9 Å². The molecule has 0 aromatic rings. The van der Waals surface area contributed by atoms with Gasteiger partial charge in [-0.3, -0.25) is 19.2 Å². The second-order valence-corrected chi connectivity index (χ2v) is 4.84. The van der Waals surface area contributed by atoms with Crippen molar-refractivity contribution in [3.05, 3.63) is 0 Å². The Kier molecular flexibility index (Phi) is 6.33. The third-order valence-corrected chi connectivity index (χ3v) is 2.76. The molecule has 0 aromatic heterocycles. The topological polar surface area (TPSA) is 114 Å². The number of carbonyl (C=O) groups excluding carboxylic acids is 4. The molecular formula is C14H20O9. The molecule has 1 saturated heterocycles. The zero-order valence-electron chi connectivity index (χ0n) is 14.3. The van der Waals surface area contributed by atoms with Crippen molar-refractivity contribution in [2.45, 2.75) is 52.1 Å². The number of carbonyl (C=O) groups is 4. The SMILES string of the molecule is [2H][C@H]1O[C@H](COC(C)=O)[C@H](OC(C)=O)[C@H](OC(C)=O)[C@H]1OC(C)=O. The maximum absolute atomic E-state index is 11.4. The fourth-order valence-corrected chi connectivity index (χ4v) is 2.01. The van der Waals surface area contributed by atoms with E-state index in [1.807, 2.05) is 0 Å². The first-order valence-corrected chi connectivity index (χ1v) is 6.84. The number of hydrogen-bond acceptors (Lipinski definition) is 9. The van der Waals surface area contributed by atoms with Gasteiger partial charge in [0.05, 0.1) is 7.95 Å². The van der Waals surface area contributed by atoms with Crippen molar-refractivity contribution in [3.8, 4) is 0 Å². The summed E-state index contributed by atoms with van der Waals surface area (Å²) in [6.07, 6.45) is -4.84. The van der Waals surface area contributed by atoms with E-state index < -0.39 is 54.9 Å². The van der Waals surface area contributed by atoms with Crippen LogP contribution in [0.15, 0.2) is 0 Å². The first kappa shape index (κ1) is 17.2. The van der Waals surface area contributed by atoms with E-state index in [0.717, 1.165) is 20.8 Å². The molecule has 0 radical (unpaired) electrons. The fourth-order valence-electron chi connectivity index (χ4n) is 2.01. The van der Waals surface area contributed by atoms with E-state index in [4.69, 9.17) is 25.1 Å². The fraction of sp³-hybridized carbons (Fsp3) is 0.714. The standard InChI is InChI=1S/C14H20O9/c1-7(15)19-5-11-13(22-9(3)17)14(23-10(4)18)12(6-20-11)21-8(2)16/h11-14H,5-6H2,1-4H3/t11-,12+,13+,14-/m1/s1/i6D/t6-,11-,12+,13+,14-. The van der Waals surface area contributed by atoms with E-state index in [0.29, 0.717) is 0 Å². The van der Waals surface area contributed by atoms with Gasteiger partial charge in [-0.1, -0.05) is 0 Å². The van der Waals surface area contributed by atoms with Gasteiger partial charge in [0.25, 0.3) is 0 Å². The van der Waals surface area contributed by atoms with Gasteiger partial charge < -0.3 is 23.7 Å². The minimum absolute atomic E-state index is 0.326. The average molecular weight is 333 g/mol. The van der Waals surface area contributed by atoms with Crippen molar-refractivity contribution in [2.24, 2.45) is 0 Å². The second kappa shape index (κ2) is 8.47. The largest absolute Gasteiger partial charge is 0.463 e. The van der Waals surface area contributed by atoms with Crippen LogP contribution in [0.5, 0.6) is 0 Å². The van der Waals surface area contributed by atoms with Gasteiger partial charge in [0, 0.05) is 27.7 Å². The summed E-state index contributed by atoms with van der Waals surface area (Å²) < 4.78 is 33.2. The summed E-state index contributed by atoms with van der Waals surface area (Å²) in [5.41, 5.74) is 0. The molecule has 5 atom stereocenters. The highest BCUT2D eigenvalue weighted by Gasteiger charge is 2.47. The average Bonchev–Trinajstić information content (AvgIpc) is 2.42. The van der Waals surface area contributed by atoms with Crippen LogP contribution in [0.1, 0.15) is 29.1 Å². The Morgan fingerprint density at radius 2 is 1.43 bits per heavy atom. The van der Waals surface area contributed by atoms with E-state index in [1.54, 1.807) is 0 Å². The van der Waals surface area contributed by atoms with Gasteiger partial charge in [0.2, 0.25) is 0 Å². The molecular weight excluding hydrogens is 312 g/mol. The monoisotopic (exact) mass is 333 g/mol. The van der Waals surface area contributed by atoms with Crippen LogP contribution in [0.2, 0.25) is 0 Å². The van der Waals surface area contributed by atoms with Gasteiger partial charge >= 0.3 is 23.9 Å². The smallest absolute Gasteiger partial charge is 0.303 e. The summed E-state index contributed by atoms with van der Waals surface area (Å²) in [6.45, 7) is 2.78. The minimum Gasteiger partial charge on any atom is -0.463 e. The molecule has 1 aliphatic heterocycles.